The molecule has 2 aliphatic heterocycles. The first kappa shape index (κ1) is 20.2. The maximum atomic E-state index is 14.7. The Bertz CT molecular complexity index is 1010. The van der Waals surface area contributed by atoms with Crippen LogP contribution in [0.4, 0.5) is 4.39 Å². The fourth-order valence-corrected chi connectivity index (χ4v) is 3.66. The van der Waals surface area contributed by atoms with E-state index in [-0.39, 0.29) is 16.9 Å². The van der Waals surface area contributed by atoms with Gasteiger partial charge in [0.15, 0.2) is 0 Å². The minimum Gasteiger partial charge on any atom is -0.487 e. The molecule has 1 fully saturated rings. The van der Waals surface area contributed by atoms with Crippen molar-refractivity contribution in [3.63, 3.8) is 0 Å². The number of nitrogens with zero attached hydrogens (tertiary/aromatic N) is 1. The number of carbonyl (C=O) groups excluding carboxylic acids is 1. The Morgan fingerprint density at radius 1 is 1.17 bits per heavy atom. The third-order valence-electron chi connectivity index (χ3n) is 5.10. The predicted octanol–water partition coefficient (Wildman–Crippen LogP) is 3.50. The molecule has 1 amide bonds. The standard InChI is InChI=1S/C22H22FNO6/c1-22(2)12-16-18(9-13(21(26)27)10-19(16)30-22)29-14-3-4-15(17(23)11-14)20(25)24-5-7-28-8-6-24/h3-4,9-11H,5-8,12H2,1-2H3,(H,26,27). The van der Waals surface area contributed by atoms with Crippen molar-refractivity contribution in [2.24, 2.45) is 0 Å². The number of aromatic carboxylic acids is 1. The third-order valence-corrected chi connectivity index (χ3v) is 5.10. The van der Waals surface area contributed by atoms with E-state index < -0.39 is 23.3 Å². The third kappa shape index (κ3) is 3.95. The molecule has 1 saturated heterocycles. The van der Waals surface area contributed by atoms with Crippen LogP contribution in [0.25, 0.3) is 0 Å². The maximum absolute atomic E-state index is 14.7. The smallest absolute Gasteiger partial charge is 0.335 e. The molecule has 4 rings (SSSR count). The van der Waals surface area contributed by atoms with Crippen LogP contribution < -0.4 is 9.47 Å². The Morgan fingerprint density at radius 2 is 1.90 bits per heavy atom. The quantitative estimate of drug-likeness (QED) is 0.823. The van der Waals surface area contributed by atoms with Crippen molar-refractivity contribution >= 4 is 11.9 Å². The van der Waals surface area contributed by atoms with Crippen LogP contribution in [0.15, 0.2) is 30.3 Å². The average Bonchev–Trinajstić information content (AvgIpc) is 3.02. The number of hydrogen-bond acceptors (Lipinski definition) is 5. The minimum absolute atomic E-state index is 0.0148. The Labute approximate surface area is 173 Å². The van der Waals surface area contributed by atoms with Gasteiger partial charge in [-0.3, -0.25) is 4.79 Å². The summed E-state index contributed by atoms with van der Waals surface area (Å²) in [6.07, 6.45) is 0.521. The van der Waals surface area contributed by atoms with Gasteiger partial charge in [-0.25, -0.2) is 9.18 Å². The van der Waals surface area contributed by atoms with Gasteiger partial charge in [0.05, 0.1) is 24.3 Å². The van der Waals surface area contributed by atoms with Crippen LogP contribution in [-0.4, -0.2) is 53.8 Å². The molecule has 8 heteroatoms. The molecule has 2 aromatic carbocycles. The fourth-order valence-electron chi connectivity index (χ4n) is 3.66. The number of rotatable bonds is 4. The first-order chi connectivity index (χ1) is 14.2. The van der Waals surface area contributed by atoms with E-state index in [2.05, 4.69) is 0 Å². The molecule has 2 aliphatic rings. The zero-order valence-electron chi connectivity index (χ0n) is 16.7. The molecule has 0 aromatic heterocycles. The maximum Gasteiger partial charge on any atom is 0.335 e. The Morgan fingerprint density at radius 3 is 2.57 bits per heavy atom. The number of fused-ring (bicyclic) bond motifs is 1. The molecule has 0 saturated carbocycles. The summed E-state index contributed by atoms with van der Waals surface area (Å²) >= 11 is 0. The molecule has 0 spiro atoms. The minimum atomic E-state index is -1.12. The van der Waals surface area contributed by atoms with Crippen molar-refractivity contribution in [1.29, 1.82) is 0 Å². The molecule has 0 unspecified atom stereocenters. The Balaban J connectivity index is 1.61. The van der Waals surface area contributed by atoms with Gasteiger partial charge in [-0.2, -0.15) is 0 Å². The summed E-state index contributed by atoms with van der Waals surface area (Å²) in [6, 6.07) is 6.87. The van der Waals surface area contributed by atoms with Crippen LogP contribution in [0.2, 0.25) is 0 Å². The van der Waals surface area contributed by atoms with Crippen LogP contribution >= 0.6 is 0 Å². The molecule has 0 atom stereocenters. The monoisotopic (exact) mass is 415 g/mol. The second-order valence-electron chi connectivity index (χ2n) is 7.94. The Kier molecular flexibility index (Phi) is 5.11. The molecule has 2 aromatic rings. The van der Waals surface area contributed by atoms with Crippen molar-refractivity contribution in [3.05, 3.63) is 52.8 Å². The van der Waals surface area contributed by atoms with Gasteiger partial charge in [0.1, 0.15) is 28.7 Å². The summed E-state index contributed by atoms with van der Waals surface area (Å²) in [5.41, 5.74) is 0.190. The summed E-state index contributed by atoms with van der Waals surface area (Å²) in [5.74, 6) is -1.32. The molecule has 1 N–H and O–H groups in total. The topological polar surface area (TPSA) is 85.3 Å². The fraction of sp³-hybridized carbons (Fsp3) is 0.364. The molecular weight excluding hydrogens is 393 g/mol. The number of carboxylic acid groups (broad SMARTS) is 1. The van der Waals surface area contributed by atoms with Crippen molar-refractivity contribution in [2.45, 2.75) is 25.9 Å². The number of hydrogen-bond donors (Lipinski definition) is 1. The van der Waals surface area contributed by atoms with Crippen LogP contribution in [0, 0.1) is 5.82 Å². The van der Waals surface area contributed by atoms with Crippen molar-refractivity contribution in [3.8, 4) is 17.2 Å². The van der Waals surface area contributed by atoms with E-state index in [4.69, 9.17) is 14.2 Å². The summed E-state index contributed by atoms with van der Waals surface area (Å²) in [5, 5.41) is 9.38. The molecule has 7 nitrogen and oxygen atoms in total. The number of morpholine rings is 1. The first-order valence-electron chi connectivity index (χ1n) is 9.67. The lowest BCUT2D eigenvalue weighted by atomic mass is 10.00. The molecule has 0 bridgehead atoms. The van der Waals surface area contributed by atoms with Gasteiger partial charge in [0.25, 0.3) is 5.91 Å². The lowest BCUT2D eigenvalue weighted by molar-refractivity contribution is 0.0300. The van der Waals surface area contributed by atoms with Crippen LogP contribution in [0.5, 0.6) is 17.2 Å². The van der Waals surface area contributed by atoms with E-state index in [0.717, 1.165) is 11.6 Å². The number of halogens is 1. The second kappa shape index (κ2) is 7.60. The highest BCUT2D eigenvalue weighted by atomic mass is 19.1. The highest BCUT2D eigenvalue weighted by Gasteiger charge is 2.34. The van der Waals surface area contributed by atoms with Gasteiger partial charge in [-0.15, -0.1) is 0 Å². The second-order valence-corrected chi connectivity index (χ2v) is 7.94. The summed E-state index contributed by atoms with van der Waals surface area (Å²) in [4.78, 5) is 25.6. The van der Waals surface area contributed by atoms with Crippen molar-refractivity contribution in [2.75, 3.05) is 26.3 Å². The summed E-state index contributed by atoms with van der Waals surface area (Å²) in [6.45, 7) is 5.47. The number of carboxylic acids is 1. The lowest BCUT2D eigenvalue weighted by Gasteiger charge is -2.27. The SMILES string of the molecule is CC1(C)Cc2c(Oc3ccc(C(=O)N4CCOCC4)c(F)c3)cc(C(=O)O)cc2O1. The largest absolute Gasteiger partial charge is 0.487 e. The van der Waals surface area contributed by atoms with E-state index >= 15 is 0 Å². The molecule has 0 radical (unpaired) electrons. The Hall–Kier alpha value is -3.13. The molecule has 30 heavy (non-hydrogen) atoms. The van der Waals surface area contributed by atoms with E-state index in [1.807, 2.05) is 13.8 Å². The van der Waals surface area contributed by atoms with Crippen LogP contribution in [0.1, 0.15) is 40.1 Å². The molecule has 158 valence electrons. The van der Waals surface area contributed by atoms with Gasteiger partial charge in [0, 0.05) is 31.1 Å². The van der Waals surface area contributed by atoms with Gasteiger partial charge in [0.2, 0.25) is 0 Å². The molecule has 2 heterocycles. The van der Waals surface area contributed by atoms with Gasteiger partial charge >= 0.3 is 5.97 Å². The van der Waals surface area contributed by atoms with E-state index in [1.165, 1.54) is 24.3 Å². The van der Waals surface area contributed by atoms with Gasteiger partial charge < -0.3 is 24.2 Å². The first-order valence-corrected chi connectivity index (χ1v) is 9.67. The van der Waals surface area contributed by atoms with Gasteiger partial charge in [-0.05, 0) is 38.1 Å². The average molecular weight is 415 g/mol. The zero-order chi connectivity index (χ0) is 21.5. The van der Waals surface area contributed by atoms with Crippen LogP contribution in [-0.2, 0) is 11.2 Å². The highest BCUT2D eigenvalue weighted by Crippen LogP contribution is 2.43. The number of ether oxygens (including phenoxy) is 3. The van der Waals surface area contributed by atoms with Crippen LogP contribution in [0.3, 0.4) is 0 Å². The lowest BCUT2D eigenvalue weighted by Crippen LogP contribution is -2.41. The number of carbonyl (C=O) groups is 2. The zero-order valence-corrected chi connectivity index (χ0v) is 16.7. The van der Waals surface area contributed by atoms with E-state index in [0.29, 0.717) is 44.2 Å². The number of benzene rings is 2. The highest BCUT2D eigenvalue weighted by molar-refractivity contribution is 5.94. The molecule has 0 aliphatic carbocycles. The predicted molar refractivity (Wildman–Crippen MR) is 105 cm³/mol. The van der Waals surface area contributed by atoms with Crippen molar-refractivity contribution in [1.82, 2.24) is 4.90 Å². The summed E-state index contributed by atoms with van der Waals surface area (Å²) < 4.78 is 31.6. The summed E-state index contributed by atoms with van der Waals surface area (Å²) in [7, 11) is 0. The van der Waals surface area contributed by atoms with Gasteiger partial charge in [-0.1, -0.05) is 0 Å². The van der Waals surface area contributed by atoms with Crippen molar-refractivity contribution < 1.29 is 33.3 Å². The molecular formula is C22H22FNO6. The van der Waals surface area contributed by atoms with E-state index in [9.17, 15) is 19.1 Å². The number of amides is 1. The normalized spacial score (nSPS) is 17.2. The van der Waals surface area contributed by atoms with E-state index in [1.54, 1.807) is 4.90 Å².